The number of carbonyl (C=O) groups is 1. The second-order valence-electron chi connectivity index (χ2n) is 14.0. The monoisotopic (exact) mass is 475 g/mol. The average Bonchev–Trinajstić information content (AvgIpc) is 3.15. The van der Waals surface area contributed by atoms with E-state index < -0.39 is 5.60 Å². The fraction of sp³-hybridized carbons (Fsp3) is 0.806. The van der Waals surface area contributed by atoms with Gasteiger partial charge in [0.05, 0.1) is 11.1 Å². The molecule has 8 aliphatic carbocycles. The van der Waals surface area contributed by atoms with Crippen molar-refractivity contribution in [2.75, 3.05) is 0 Å². The summed E-state index contributed by atoms with van der Waals surface area (Å²) in [6.45, 7) is 2.37. The van der Waals surface area contributed by atoms with Crippen LogP contribution in [0.1, 0.15) is 96.8 Å². The van der Waals surface area contributed by atoms with E-state index in [1.54, 1.807) is 0 Å². The summed E-state index contributed by atoms with van der Waals surface area (Å²) in [5, 5.41) is 12.8. The van der Waals surface area contributed by atoms with E-state index in [1.165, 1.54) is 37.7 Å². The molecule has 188 valence electrons. The van der Waals surface area contributed by atoms with Crippen LogP contribution in [-0.2, 0) is 9.53 Å². The molecule has 0 heterocycles. The number of hydrogen-bond donors (Lipinski definition) is 1. The molecule has 0 saturated heterocycles. The normalized spacial score (nSPS) is 52.7. The van der Waals surface area contributed by atoms with Crippen LogP contribution < -0.4 is 0 Å². The number of oxime groups is 1. The van der Waals surface area contributed by atoms with Crippen LogP contribution in [0.5, 0.6) is 0 Å². The molecule has 1 N–H and O–H groups in total. The molecule has 0 aromatic heterocycles. The number of carbonyl (C=O) groups excluding carboxylic acids is 1. The van der Waals surface area contributed by atoms with Crippen LogP contribution >= 0.6 is 0 Å². The Labute approximate surface area is 210 Å². The SMILES string of the molecule is C#C[C@]1(OC(=O)C23CC4CC(CC(C4)C2)C3)CC[C@H]2[C@@H]3CCC4=C/C(=N\O)CC[C@@H]4[C@H]3CC[C@@]21C. The Bertz CT molecular complexity index is 999. The minimum absolute atomic E-state index is 0.0653. The number of rotatable bonds is 2. The van der Waals surface area contributed by atoms with Crippen molar-refractivity contribution in [3.8, 4) is 12.3 Å². The molecule has 0 spiro atoms. The first-order valence-corrected chi connectivity index (χ1v) is 14.5. The third kappa shape index (κ3) is 3.05. The molecule has 0 aliphatic heterocycles. The number of hydrogen-bond acceptors (Lipinski definition) is 4. The molecule has 0 amide bonds. The molecule has 0 unspecified atom stereocenters. The second kappa shape index (κ2) is 7.62. The lowest BCUT2D eigenvalue weighted by Gasteiger charge is -2.57. The van der Waals surface area contributed by atoms with Crippen LogP contribution in [0.4, 0.5) is 0 Å². The summed E-state index contributed by atoms with van der Waals surface area (Å²) < 4.78 is 6.69. The maximum Gasteiger partial charge on any atom is 0.313 e. The van der Waals surface area contributed by atoms with Crippen LogP contribution in [0.3, 0.4) is 0 Å². The largest absolute Gasteiger partial charge is 0.445 e. The summed E-state index contributed by atoms with van der Waals surface area (Å²) in [4.78, 5) is 14.0. The summed E-state index contributed by atoms with van der Waals surface area (Å²) in [5.74, 6) is 7.93. The lowest BCUT2D eigenvalue weighted by Crippen LogP contribution is -2.57. The van der Waals surface area contributed by atoms with E-state index in [1.807, 2.05) is 0 Å². The first kappa shape index (κ1) is 22.4. The summed E-state index contributed by atoms with van der Waals surface area (Å²) in [6.07, 6.45) is 24.1. The molecular weight excluding hydrogens is 434 g/mol. The van der Waals surface area contributed by atoms with Gasteiger partial charge in [0.2, 0.25) is 0 Å². The van der Waals surface area contributed by atoms with Gasteiger partial charge >= 0.3 is 5.97 Å². The van der Waals surface area contributed by atoms with Gasteiger partial charge in [0, 0.05) is 5.41 Å². The van der Waals surface area contributed by atoms with Crippen molar-refractivity contribution in [2.45, 2.75) is 102 Å². The Kier molecular flexibility index (Phi) is 4.89. The summed E-state index contributed by atoms with van der Waals surface area (Å²) in [6, 6.07) is 0. The Balaban J connectivity index is 1.14. The van der Waals surface area contributed by atoms with Gasteiger partial charge < -0.3 is 9.94 Å². The Hall–Kier alpha value is -1.76. The predicted molar refractivity (Wildman–Crippen MR) is 135 cm³/mol. The molecular formula is C31H41NO3. The van der Waals surface area contributed by atoms with E-state index in [0.717, 1.165) is 81.3 Å². The standard InChI is InChI=1S/C31H41NO3/c1-3-31(35-28(33)30-16-19-12-20(17-30)14-21(13-19)18-30)11-9-27-26-6-4-22-15-23(32-34)5-7-24(22)25(26)8-10-29(27,31)2/h1,15,19-21,24-27,34H,4-14,16-18H2,2H3/b32-23-/t19?,20?,21?,24-,25+,26+,27-,29-,30?,31-/m0/s1. The summed E-state index contributed by atoms with van der Waals surface area (Å²) in [7, 11) is 0. The molecule has 8 aliphatic rings. The topological polar surface area (TPSA) is 58.9 Å². The molecule has 4 nitrogen and oxygen atoms in total. The molecule has 4 heteroatoms. The molecule has 8 rings (SSSR count). The van der Waals surface area contributed by atoms with Gasteiger partial charge in [0.1, 0.15) is 0 Å². The highest BCUT2D eigenvalue weighted by Gasteiger charge is 2.66. The number of esters is 1. The summed E-state index contributed by atoms with van der Waals surface area (Å²) >= 11 is 0. The maximum absolute atomic E-state index is 14.0. The van der Waals surface area contributed by atoms with Gasteiger partial charge in [-0.05, 0) is 137 Å². The highest BCUT2D eigenvalue weighted by atomic mass is 16.6. The maximum atomic E-state index is 14.0. The number of terminal acetylenes is 1. The van der Waals surface area contributed by atoms with Gasteiger partial charge in [-0.2, -0.15) is 0 Å². The molecule has 0 radical (unpaired) electrons. The fourth-order valence-corrected chi connectivity index (χ4v) is 11.3. The van der Waals surface area contributed by atoms with Crippen LogP contribution in [0, 0.1) is 64.6 Å². The van der Waals surface area contributed by atoms with Crippen molar-refractivity contribution >= 4 is 11.7 Å². The zero-order chi connectivity index (χ0) is 24.0. The molecule has 35 heavy (non-hydrogen) atoms. The highest BCUT2D eigenvalue weighted by molar-refractivity contribution is 5.96. The molecule has 4 bridgehead atoms. The van der Waals surface area contributed by atoms with E-state index in [2.05, 4.69) is 24.1 Å². The van der Waals surface area contributed by atoms with Crippen LogP contribution in [-0.4, -0.2) is 22.5 Å². The first-order chi connectivity index (χ1) is 16.9. The van der Waals surface area contributed by atoms with Crippen molar-refractivity contribution in [3.05, 3.63) is 11.6 Å². The van der Waals surface area contributed by atoms with E-state index in [0.29, 0.717) is 23.7 Å². The number of nitrogens with zero attached hydrogens (tertiary/aromatic N) is 1. The fourth-order valence-electron chi connectivity index (χ4n) is 11.3. The van der Waals surface area contributed by atoms with Crippen molar-refractivity contribution in [3.63, 3.8) is 0 Å². The molecule has 7 fully saturated rings. The van der Waals surface area contributed by atoms with E-state index >= 15 is 0 Å². The quantitative estimate of drug-likeness (QED) is 0.214. The minimum atomic E-state index is -0.734. The Morgan fingerprint density at radius 1 is 1.03 bits per heavy atom. The van der Waals surface area contributed by atoms with E-state index in [4.69, 9.17) is 11.2 Å². The lowest BCUT2D eigenvalue weighted by atomic mass is 9.49. The Morgan fingerprint density at radius 3 is 2.40 bits per heavy atom. The minimum Gasteiger partial charge on any atom is -0.445 e. The van der Waals surface area contributed by atoms with Gasteiger partial charge in [-0.15, -0.1) is 6.42 Å². The predicted octanol–water partition coefficient (Wildman–Crippen LogP) is 6.52. The van der Waals surface area contributed by atoms with Crippen molar-refractivity contribution in [2.24, 2.45) is 57.4 Å². The number of ether oxygens (including phenoxy) is 1. The number of fused-ring (bicyclic) bond motifs is 5. The van der Waals surface area contributed by atoms with Crippen LogP contribution in [0.2, 0.25) is 0 Å². The van der Waals surface area contributed by atoms with Gasteiger partial charge in [-0.1, -0.05) is 23.6 Å². The van der Waals surface area contributed by atoms with Crippen molar-refractivity contribution in [1.29, 1.82) is 0 Å². The lowest BCUT2D eigenvalue weighted by molar-refractivity contribution is -0.195. The van der Waals surface area contributed by atoms with Crippen LogP contribution in [0.25, 0.3) is 0 Å². The highest BCUT2D eigenvalue weighted by Crippen LogP contribution is 2.67. The third-order valence-corrected chi connectivity index (χ3v) is 12.5. The zero-order valence-corrected chi connectivity index (χ0v) is 21.3. The van der Waals surface area contributed by atoms with Crippen molar-refractivity contribution < 1.29 is 14.7 Å². The molecule has 0 aromatic rings. The van der Waals surface area contributed by atoms with E-state index in [9.17, 15) is 10.0 Å². The average molecular weight is 476 g/mol. The first-order valence-electron chi connectivity index (χ1n) is 14.5. The summed E-state index contributed by atoms with van der Waals surface area (Å²) in [5.41, 5.74) is 1.25. The molecule has 7 saturated carbocycles. The van der Waals surface area contributed by atoms with Gasteiger partial charge in [0.15, 0.2) is 5.60 Å². The van der Waals surface area contributed by atoms with Crippen LogP contribution in [0.15, 0.2) is 16.8 Å². The second-order valence-corrected chi connectivity index (χ2v) is 14.0. The van der Waals surface area contributed by atoms with Gasteiger partial charge in [-0.3, -0.25) is 4.79 Å². The van der Waals surface area contributed by atoms with E-state index in [-0.39, 0.29) is 16.8 Å². The third-order valence-electron chi connectivity index (χ3n) is 12.5. The van der Waals surface area contributed by atoms with Gasteiger partial charge in [-0.25, -0.2) is 0 Å². The Morgan fingerprint density at radius 2 is 1.74 bits per heavy atom. The molecule has 0 aromatic carbocycles. The number of allylic oxidation sites excluding steroid dienone is 2. The zero-order valence-electron chi connectivity index (χ0n) is 21.3. The van der Waals surface area contributed by atoms with Gasteiger partial charge in [0.25, 0.3) is 0 Å². The van der Waals surface area contributed by atoms with Crippen molar-refractivity contribution in [1.82, 2.24) is 0 Å². The smallest absolute Gasteiger partial charge is 0.313 e. The molecule has 6 atom stereocenters.